The number of carbonyl (C=O) groups excluding carboxylic acids is 1. The highest BCUT2D eigenvalue weighted by molar-refractivity contribution is 7.92. The minimum Gasteiger partial charge on any atom is -0.354 e. The molecular weight excluding hydrogens is 288 g/mol. The van der Waals surface area contributed by atoms with Crippen LogP contribution in [0.25, 0.3) is 0 Å². The summed E-state index contributed by atoms with van der Waals surface area (Å²) in [7, 11) is -3.54. The number of amides is 1. The van der Waals surface area contributed by atoms with Gasteiger partial charge in [-0.2, -0.15) is 0 Å². The van der Waals surface area contributed by atoms with E-state index in [2.05, 4.69) is 5.32 Å². The standard InChI is InChI=1S/C15H24N2O3S/c1-6-9-16-15(18)13(4)17(21(5,19)20)14-8-7-11(2)12(3)10-14/h7-8,10,13H,6,9H2,1-5H3,(H,16,18). The van der Waals surface area contributed by atoms with Crippen molar-refractivity contribution >= 4 is 21.6 Å². The first-order valence-electron chi connectivity index (χ1n) is 7.02. The number of hydrogen-bond donors (Lipinski definition) is 1. The number of nitrogens with one attached hydrogen (secondary N) is 1. The zero-order valence-electron chi connectivity index (χ0n) is 13.3. The fourth-order valence-electron chi connectivity index (χ4n) is 2.07. The topological polar surface area (TPSA) is 66.5 Å². The Morgan fingerprint density at radius 1 is 1.29 bits per heavy atom. The van der Waals surface area contributed by atoms with Gasteiger partial charge in [0.15, 0.2) is 0 Å². The molecule has 0 aliphatic heterocycles. The second-order valence-electron chi connectivity index (χ2n) is 5.29. The van der Waals surface area contributed by atoms with Crippen molar-refractivity contribution in [2.24, 2.45) is 0 Å². The molecule has 0 fully saturated rings. The molecule has 1 aromatic rings. The van der Waals surface area contributed by atoms with Crippen LogP contribution in [0.5, 0.6) is 0 Å². The smallest absolute Gasteiger partial charge is 0.243 e. The SMILES string of the molecule is CCCNC(=O)C(C)N(c1ccc(C)c(C)c1)S(C)(=O)=O. The van der Waals surface area contributed by atoms with Gasteiger partial charge in [-0.25, -0.2) is 8.42 Å². The van der Waals surface area contributed by atoms with Crippen molar-refractivity contribution in [2.45, 2.75) is 40.2 Å². The summed E-state index contributed by atoms with van der Waals surface area (Å²) >= 11 is 0. The Morgan fingerprint density at radius 2 is 1.90 bits per heavy atom. The van der Waals surface area contributed by atoms with Crippen molar-refractivity contribution in [2.75, 3.05) is 17.1 Å². The number of benzene rings is 1. The first-order chi connectivity index (χ1) is 9.68. The lowest BCUT2D eigenvalue weighted by Crippen LogP contribution is -2.48. The van der Waals surface area contributed by atoms with Crippen molar-refractivity contribution in [3.8, 4) is 0 Å². The van der Waals surface area contributed by atoms with Gasteiger partial charge in [-0.15, -0.1) is 0 Å². The lowest BCUT2D eigenvalue weighted by molar-refractivity contribution is -0.121. The molecule has 1 atom stereocenters. The Balaban J connectivity index is 3.18. The Bertz CT molecular complexity index is 611. The lowest BCUT2D eigenvalue weighted by atomic mass is 10.1. The van der Waals surface area contributed by atoms with Crippen molar-refractivity contribution in [3.63, 3.8) is 0 Å². The predicted octanol–water partition coefficient (Wildman–Crippen LogP) is 1.98. The lowest BCUT2D eigenvalue weighted by Gasteiger charge is -2.28. The maximum atomic E-state index is 12.1. The molecule has 6 heteroatoms. The molecule has 0 radical (unpaired) electrons. The third kappa shape index (κ3) is 4.46. The molecule has 0 aliphatic rings. The second kappa shape index (κ2) is 6.93. The number of carbonyl (C=O) groups is 1. The first-order valence-corrected chi connectivity index (χ1v) is 8.87. The van der Waals surface area contributed by atoms with E-state index >= 15 is 0 Å². The fourth-order valence-corrected chi connectivity index (χ4v) is 3.23. The van der Waals surface area contributed by atoms with Crippen LogP contribution < -0.4 is 9.62 Å². The van der Waals surface area contributed by atoms with Gasteiger partial charge in [0.25, 0.3) is 0 Å². The summed E-state index contributed by atoms with van der Waals surface area (Å²) in [5, 5.41) is 2.74. The van der Waals surface area contributed by atoms with Gasteiger partial charge in [0, 0.05) is 6.54 Å². The van der Waals surface area contributed by atoms with Gasteiger partial charge in [0.05, 0.1) is 11.9 Å². The second-order valence-corrected chi connectivity index (χ2v) is 7.15. The number of sulfonamides is 1. The zero-order chi connectivity index (χ0) is 16.2. The molecule has 0 saturated heterocycles. The Labute approximate surface area is 127 Å². The van der Waals surface area contributed by atoms with E-state index in [1.54, 1.807) is 19.1 Å². The van der Waals surface area contributed by atoms with Gasteiger partial charge in [-0.05, 0) is 50.5 Å². The number of hydrogen-bond acceptors (Lipinski definition) is 3. The van der Waals surface area contributed by atoms with Gasteiger partial charge in [-0.3, -0.25) is 9.10 Å². The molecule has 0 saturated carbocycles. The van der Waals surface area contributed by atoms with Crippen LogP contribution in [0.1, 0.15) is 31.4 Å². The van der Waals surface area contributed by atoms with Crippen molar-refractivity contribution in [1.82, 2.24) is 5.32 Å². The largest absolute Gasteiger partial charge is 0.354 e. The minimum atomic E-state index is -3.54. The highest BCUT2D eigenvalue weighted by atomic mass is 32.2. The van der Waals surface area contributed by atoms with Gasteiger partial charge in [0.1, 0.15) is 6.04 Å². The molecule has 5 nitrogen and oxygen atoms in total. The summed E-state index contributed by atoms with van der Waals surface area (Å²) in [6.45, 7) is 7.96. The maximum Gasteiger partial charge on any atom is 0.243 e. The monoisotopic (exact) mass is 312 g/mol. The highest BCUT2D eigenvalue weighted by Crippen LogP contribution is 2.23. The summed E-state index contributed by atoms with van der Waals surface area (Å²) in [5.41, 5.74) is 2.58. The van der Waals surface area contributed by atoms with Crippen LogP contribution >= 0.6 is 0 Å². The van der Waals surface area contributed by atoms with E-state index < -0.39 is 16.1 Å². The van der Waals surface area contributed by atoms with E-state index in [9.17, 15) is 13.2 Å². The number of nitrogens with zero attached hydrogens (tertiary/aromatic N) is 1. The zero-order valence-corrected chi connectivity index (χ0v) is 14.1. The van der Waals surface area contributed by atoms with E-state index in [1.807, 2.05) is 26.8 Å². The molecule has 1 unspecified atom stereocenters. The average Bonchev–Trinajstić information content (AvgIpc) is 2.38. The summed E-state index contributed by atoms with van der Waals surface area (Å²) < 4.78 is 25.4. The normalized spacial score (nSPS) is 12.8. The van der Waals surface area contributed by atoms with Crippen LogP contribution in [0, 0.1) is 13.8 Å². The van der Waals surface area contributed by atoms with Crippen LogP contribution in [0.3, 0.4) is 0 Å². The molecular formula is C15H24N2O3S. The van der Waals surface area contributed by atoms with Crippen molar-refractivity contribution in [1.29, 1.82) is 0 Å². The molecule has 0 aliphatic carbocycles. The molecule has 0 aromatic heterocycles. The average molecular weight is 312 g/mol. The highest BCUT2D eigenvalue weighted by Gasteiger charge is 2.28. The maximum absolute atomic E-state index is 12.1. The summed E-state index contributed by atoms with van der Waals surface area (Å²) in [6.07, 6.45) is 1.92. The quantitative estimate of drug-likeness (QED) is 0.873. The number of rotatable bonds is 6. The number of aryl methyl sites for hydroxylation is 2. The summed E-state index contributed by atoms with van der Waals surface area (Å²) in [6, 6.07) is 4.60. The van der Waals surface area contributed by atoms with Crippen molar-refractivity contribution in [3.05, 3.63) is 29.3 Å². The summed E-state index contributed by atoms with van der Waals surface area (Å²) in [5.74, 6) is -0.291. The Kier molecular flexibility index (Phi) is 5.78. The third-order valence-electron chi connectivity index (χ3n) is 3.38. The van der Waals surface area contributed by atoms with E-state index in [-0.39, 0.29) is 5.91 Å². The Hall–Kier alpha value is -1.56. The van der Waals surface area contributed by atoms with Gasteiger partial charge in [-0.1, -0.05) is 13.0 Å². The van der Waals surface area contributed by atoms with Crippen LogP contribution in [0.2, 0.25) is 0 Å². The molecule has 0 bridgehead atoms. The third-order valence-corrected chi connectivity index (χ3v) is 4.62. The Morgan fingerprint density at radius 3 is 2.38 bits per heavy atom. The molecule has 0 spiro atoms. The van der Waals surface area contributed by atoms with Crippen LogP contribution in [0.15, 0.2) is 18.2 Å². The molecule has 1 aromatic carbocycles. The van der Waals surface area contributed by atoms with E-state index in [0.717, 1.165) is 23.8 Å². The summed E-state index contributed by atoms with van der Waals surface area (Å²) in [4.78, 5) is 12.1. The van der Waals surface area contributed by atoms with Gasteiger partial charge < -0.3 is 5.32 Å². The number of anilines is 1. The minimum absolute atomic E-state index is 0.291. The van der Waals surface area contributed by atoms with Crippen LogP contribution in [0.4, 0.5) is 5.69 Å². The molecule has 1 rings (SSSR count). The fraction of sp³-hybridized carbons (Fsp3) is 0.533. The van der Waals surface area contributed by atoms with E-state index in [1.165, 1.54) is 4.31 Å². The van der Waals surface area contributed by atoms with Crippen molar-refractivity contribution < 1.29 is 13.2 Å². The van der Waals surface area contributed by atoms with Crippen LogP contribution in [-0.4, -0.2) is 33.2 Å². The van der Waals surface area contributed by atoms with Gasteiger partial charge >= 0.3 is 0 Å². The molecule has 0 heterocycles. The molecule has 118 valence electrons. The molecule has 1 amide bonds. The predicted molar refractivity (Wildman–Crippen MR) is 86.0 cm³/mol. The van der Waals surface area contributed by atoms with E-state index in [0.29, 0.717) is 12.2 Å². The molecule has 21 heavy (non-hydrogen) atoms. The molecule has 1 N–H and O–H groups in total. The van der Waals surface area contributed by atoms with E-state index in [4.69, 9.17) is 0 Å². The first kappa shape index (κ1) is 17.5. The van der Waals surface area contributed by atoms with Gasteiger partial charge in [0.2, 0.25) is 15.9 Å². The van der Waals surface area contributed by atoms with Crippen LogP contribution in [-0.2, 0) is 14.8 Å².